The van der Waals surface area contributed by atoms with Crippen LogP contribution in [-0.2, 0) is 17.9 Å². The summed E-state index contributed by atoms with van der Waals surface area (Å²) in [5, 5.41) is 11.8. The van der Waals surface area contributed by atoms with Crippen molar-refractivity contribution in [2.24, 2.45) is 0 Å². The number of hydrogen-bond donors (Lipinski definition) is 2. The van der Waals surface area contributed by atoms with Crippen molar-refractivity contribution in [3.05, 3.63) is 18.2 Å². The molecule has 0 aliphatic rings. The highest BCUT2D eigenvalue weighted by molar-refractivity contribution is 5.76. The number of aromatic nitrogens is 2. The first kappa shape index (κ1) is 11.7. The fourth-order valence-corrected chi connectivity index (χ4v) is 1.25. The van der Waals surface area contributed by atoms with E-state index >= 15 is 0 Å². The predicted octanol–water partition coefficient (Wildman–Crippen LogP) is 0.290. The number of imidazole rings is 1. The van der Waals surface area contributed by atoms with Gasteiger partial charge in [0.05, 0.1) is 0 Å². The van der Waals surface area contributed by atoms with Crippen LogP contribution in [0.2, 0.25) is 0 Å². The molecule has 0 saturated heterocycles. The van der Waals surface area contributed by atoms with Gasteiger partial charge in [-0.15, -0.1) is 0 Å². The zero-order valence-electron chi connectivity index (χ0n) is 9.32. The lowest BCUT2D eigenvalue weighted by molar-refractivity contribution is -0.123. The molecule has 1 amide bonds. The number of amides is 1. The molecule has 5 heteroatoms. The molecule has 0 radical (unpaired) electrons. The first-order chi connectivity index (χ1) is 6.92. The first-order valence-corrected chi connectivity index (χ1v) is 4.84. The zero-order chi connectivity index (χ0) is 11.5. The van der Waals surface area contributed by atoms with Crippen molar-refractivity contribution in [1.29, 1.82) is 0 Å². The van der Waals surface area contributed by atoms with Crippen molar-refractivity contribution in [2.45, 2.75) is 39.5 Å². The Morgan fingerprint density at radius 3 is 2.80 bits per heavy atom. The molecule has 0 spiro atoms. The van der Waals surface area contributed by atoms with Crippen LogP contribution in [0, 0.1) is 0 Å². The van der Waals surface area contributed by atoms with Crippen LogP contribution in [0.4, 0.5) is 0 Å². The normalized spacial score (nSPS) is 11.5. The van der Waals surface area contributed by atoms with E-state index in [0.29, 0.717) is 5.82 Å². The summed E-state index contributed by atoms with van der Waals surface area (Å²) in [7, 11) is 0. The van der Waals surface area contributed by atoms with Crippen molar-refractivity contribution in [2.75, 3.05) is 0 Å². The quantitative estimate of drug-likeness (QED) is 0.755. The summed E-state index contributed by atoms with van der Waals surface area (Å²) in [4.78, 5) is 15.5. The number of nitrogens with one attached hydrogen (secondary N) is 1. The summed E-state index contributed by atoms with van der Waals surface area (Å²) in [6, 6.07) is 0. The predicted molar refractivity (Wildman–Crippen MR) is 56.0 cm³/mol. The second-order valence-electron chi connectivity index (χ2n) is 4.43. The second-order valence-corrected chi connectivity index (χ2v) is 4.43. The Balaban J connectivity index is 2.59. The third kappa shape index (κ3) is 3.71. The maximum absolute atomic E-state index is 11.6. The van der Waals surface area contributed by atoms with E-state index in [2.05, 4.69) is 10.3 Å². The van der Waals surface area contributed by atoms with Gasteiger partial charge in [0.15, 0.2) is 0 Å². The second kappa shape index (κ2) is 4.44. The van der Waals surface area contributed by atoms with E-state index < -0.39 is 0 Å². The van der Waals surface area contributed by atoms with E-state index in [4.69, 9.17) is 5.11 Å². The topological polar surface area (TPSA) is 67.2 Å². The average Bonchev–Trinajstić information content (AvgIpc) is 2.48. The molecule has 1 rings (SSSR count). The fourth-order valence-electron chi connectivity index (χ4n) is 1.25. The van der Waals surface area contributed by atoms with Crippen molar-refractivity contribution in [3.8, 4) is 0 Å². The van der Waals surface area contributed by atoms with Crippen LogP contribution in [0.15, 0.2) is 12.4 Å². The van der Waals surface area contributed by atoms with Gasteiger partial charge in [-0.3, -0.25) is 4.79 Å². The molecule has 2 N–H and O–H groups in total. The summed E-state index contributed by atoms with van der Waals surface area (Å²) in [5.74, 6) is 0.411. The van der Waals surface area contributed by atoms with Gasteiger partial charge in [-0.1, -0.05) is 0 Å². The van der Waals surface area contributed by atoms with E-state index in [-0.39, 0.29) is 24.6 Å². The van der Waals surface area contributed by atoms with Gasteiger partial charge in [0.1, 0.15) is 19.0 Å². The lowest BCUT2D eigenvalue weighted by Gasteiger charge is -2.20. The largest absolute Gasteiger partial charge is 0.388 e. The monoisotopic (exact) mass is 211 g/mol. The SMILES string of the molecule is CC(C)(C)NC(=O)Cn1ccnc1CO. The average molecular weight is 211 g/mol. The number of aliphatic hydroxyl groups excluding tert-OH is 1. The Morgan fingerprint density at radius 1 is 1.60 bits per heavy atom. The third-order valence-corrected chi connectivity index (χ3v) is 1.77. The van der Waals surface area contributed by atoms with E-state index in [1.807, 2.05) is 20.8 Å². The van der Waals surface area contributed by atoms with Crippen LogP contribution in [0.5, 0.6) is 0 Å². The van der Waals surface area contributed by atoms with E-state index in [1.54, 1.807) is 17.0 Å². The van der Waals surface area contributed by atoms with Crippen molar-refractivity contribution in [1.82, 2.24) is 14.9 Å². The molecule has 15 heavy (non-hydrogen) atoms. The Kier molecular flexibility index (Phi) is 3.47. The number of nitrogens with zero attached hydrogens (tertiary/aromatic N) is 2. The molecule has 0 aliphatic heterocycles. The highest BCUT2D eigenvalue weighted by Crippen LogP contribution is 2.01. The van der Waals surface area contributed by atoms with Gasteiger partial charge in [0.2, 0.25) is 5.91 Å². The van der Waals surface area contributed by atoms with E-state index in [9.17, 15) is 4.79 Å². The molecule has 0 bridgehead atoms. The standard InChI is InChI=1S/C10H17N3O2/c1-10(2,3)12-9(15)6-13-5-4-11-8(13)7-14/h4-5,14H,6-7H2,1-3H3,(H,12,15). The lowest BCUT2D eigenvalue weighted by Crippen LogP contribution is -2.42. The molecular formula is C10H17N3O2. The maximum Gasteiger partial charge on any atom is 0.240 e. The van der Waals surface area contributed by atoms with Crippen molar-refractivity contribution in [3.63, 3.8) is 0 Å². The third-order valence-electron chi connectivity index (χ3n) is 1.77. The van der Waals surface area contributed by atoms with Crippen LogP contribution < -0.4 is 5.32 Å². The highest BCUT2D eigenvalue weighted by Gasteiger charge is 2.14. The molecule has 84 valence electrons. The van der Waals surface area contributed by atoms with Gasteiger partial charge in [0.25, 0.3) is 0 Å². The maximum atomic E-state index is 11.6. The zero-order valence-corrected chi connectivity index (χ0v) is 9.32. The molecule has 1 aromatic rings. The number of rotatable bonds is 3. The van der Waals surface area contributed by atoms with Crippen LogP contribution in [0.3, 0.4) is 0 Å². The van der Waals surface area contributed by atoms with Crippen LogP contribution >= 0.6 is 0 Å². The fraction of sp³-hybridized carbons (Fsp3) is 0.600. The number of aliphatic hydroxyl groups is 1. The highest BCUT2D eigenvalue weighted by atomic mass is 16.3. The number of carbonyl (C=O) groups excluding carboxylic acids is 1. The Labute approximate surface area is 89.1 Å². The summed E-state index contributed by atoms with van der Waals surface area (Å²) in [5.41, 5.74) is -0.239. The molecule has 1 aromatic heterocycles. The van der Waals surface area contributed by atoms with Gasteiger partial charge in [-0.2, -0.15) is 0 Å². The van der Waals surface area contributed by atoms with Crippen LogP contribution in [-0.4, -0.2) is 26.1 Å². The van der Waals surface area contributed by atoms with Crippen LogP contribution in [0.25, 0.3) is 0 Å². The smallest absolute Gasteiger partial charge is 0.240 e. The van der Waals surface area contributed by atoms with Gasteiger partial charge >= 0.3 is 0 Å². The summed E-state index contributed by atoms with van der Waals surface area (Å²) >= 11 is 0. The molecule has 0 aliphatic carbocycles. The van der Waals surface area contributed by atoms with Gasteiger partial charge < -0.3 is 15.0 Å². The Morgan fingerprint density at radius 2 is 2.27 bits per heavy atom. The molecule has 0 aromatic carbocycles. The van der Waals surface area contributed by atoms with E-state index in [1.165, 1.54) is 0 Å². The van der Waals surface area contributed by atoms with Crippen molar-refractivity contribution >= 4 is 5.91 Å². The van der Waals surface area contributed by atoms with Gasteiger partial charge in [-0.25, -0.2) is 4.98 Å². The van der Waals surface area contributed by atoms with Gasteiger partial charge in [-0.05, 0) is 20.8 Å². The van der Waals surface area contributed by atoms with Crippen molar-refractivity contribution < 1.29 is 9.90 Å². The molecule has 1 heterocycles. The lowest BCUT2D eigenvalue weighted by atomic mass is 10.1. The minimum absolute atomic E-state index is 0.0878. The molecule has 0 atom stereocenters. The molecular weight excluding hydrogens is 194 g/mol. The van der Waals surface area contributed by atoms with Crippen LogP contribution in [0.1, 0.15) is 26.6 Å². The summed E-state index contributed by atoms with van der Waals surface area (Å²) in [6.45, 7) is 5.80. The minimum atomic E-state index is -0.239. The minimum Gasteiger partial charge on any atom is -0.388 e. The Bertz CT molecular complexity index is 339. The number of hydrogen-bond acceptors (Lipinski definition) is 3. The number of carbonyl (C=O) groups is 1. The molecule has 0 unspecified atom stereocenters. The Hall–Kier alpha value is -1.36. The molecule has 0 saturated carbocycles. The molecule has 0 fully saturated rings. The summed E-state index contributed by atoms with van der Waals surface area (Å²) < 4.78 is 1.63. The van der Waals surface area contributed by atoms with Gasteiger partial charge in [0, 0.05) is 17.9 Å². The molecule has 5 nitrogen and oxygen atoms in total. The van der Waals surface area contributed by atoms with E-state index in [0.717, 1.165) is 0 Å². The first-order valence-electron chi connectivity index (χ1n) is 4.84. The summed E-state index contributed by atoms with van der Waals surface area (Å²) in [6.07, 6.45) is 3.24.